The molecule has 7 nitrogen and oxygen atoms in total. The molecule has 1 N–H and O–H groups in total. The Kier molecular flexibility index (Phi) is 6.67. The summed E-state index contributed by atoms with van der Waals surface area (Å²) in [5.41, 5.74) is 0. The standard InChI is InChI=1S/C15H30N4O3S/c1-14-5-3-7-17(13-14)8-4-6-16-15(20)18-9-11-19(12-10-18)23(2,21)22/h14H,3-13H2,1-2H3,(H,16,20)/t14-/m0/s1. The fourth-order valence-electron chi connectivity index (χ4n) is 3.32. The van der Waals surface area contributed by atoms with E-state index in [4.69, 9.17) is 0 Å². The number of amides is 2. The average Bonchev–Trinajstić information content (AvgIpc) is 2.51. The van der Waals surface area contributed by atoms with Crippen molar-refractivity contribution in [3.05, 3.63) is 0 Å². The second-order valence-corrected chi connectivity index (χ2v) is 8.77. The van der Waals surface area contributed by atoms with Crippen LogP contribution in [0.15, 0.2) is 0 Å². The van der Waals surface area contributed by atoms with Crippen molar-refractivity contribution in [3.63, 3.8) is 0 Å². The van der Waals surface area contributed by atoms with Crippen LogP contribution in [0.5, 0.6) is 0 Å². The first-order valence-corrected chi connectivity index (χ1v) is 10.4. The van der Waals surface area contributed by atoms with Crippen molar-refractivity contribution in [2.75, 3.05) is 58.6 Å². The highest BCUT2D eigenvalue weighted by molar-refractivity contribution is 7.88. The molecule has 134 valence electrons. The number of hydrogen-bond donors (Lipinski definition) is 1. The van der Waals surface area contributed by atoms with Gasteiger partial charge in [-0.25, -0.2) is 13.2 Å². The van der Waals surface area contributed by atoms with Gasteiger partial charge in [0.05, 0.1) is 6.26 Å². The smallest absolute Gasteiger partial charge is 0.317 e. The summed E-state index contributed by atoms with van der Waals surface area (Å²) >= 11 is 0. The second-order valence-electron chi connectivity index (χ2n) is 6.78. The van der Waals surface area contributed by atoms with E-state index in [2.05, 4.69) is 17.1 Å². The fourth-order valence-corrected chi connectivity index (χ4v) is 4.15. The van der Waals surface area contributed by atoms with Gasteiger partial charge >= 0.3 is 6.03 Å². The lowest BCUT2D eigenvalue weighted by atomic mass is 10.0. The van der Waals surface area contributed by atoms with Crippen LogP contribution in [0.1, 0.15) is 26.2 Å². The minimum Gasteiger partial charge on any atom is -0.338 e. The van der Waals surface area contributed by atoms with Crippen molar-refractivity contribution in [2.45, 2.75) is 26.2 Å². The molecule has 1 atom stereocenters. The number of urea groups is 1. The molecule has 2 saturated heterocycles. The van der Waals surface area contributed by atoms with E-state index >= 15 is 0 Å². The van der Waals surface area contributed by atoms with Crippen LogP contribution in [-0.2, 0) is 10.0 Å². The zero-order chi connectivity index (χ0) is 16.9. The van der Waals surface area contributed by atoms with Gasteiger partial charge in [0, 0.05) is 39.3 Å². The molecule has 0 aromatic heterocycles. The Morgan fingerprint density at radius 2 is 1.87 bits per heavy atom. The van der Waals surface area contributed by atoms with Crippen molar-refractivity contribution in [3.8, 4) is 0 Å². The summed E-state index contributed by atoms with van der Waals surface area (Å²) in [5, 5.41) is 2.95. The van der Waals surface area contributed by atoms with Gasteiger partial charge < -0.3 is 15.1 Å². The number of sulfonamides is 1. The summed E-state index contributed by atoms with van der Waals surface area (Å²) in [5.74, 6) is 0.782. The summed E-state index contributed by atoms with van der Waals surface area (Å²) in [6.45, 7) is 8.04. The number of piperazine rings is 1. The molecular weight excluding hydrogens is 316 g/mol. The Balaban J connectivity index is 1.60. The molecule has 2 aliphatic rings. The van der Waals surface area contributed by atoms with Crippen LogP contribution in [0, 0.1) is 5.92 Å². The summed E-state index contributed by atoms with van der Waals surface area (Å²) in [6, 6.07) is -0.0786. The zero-order valence-electron chi connectivity index (χ0n) is 14.3. The molecule has 2 aliphatic heterocycles. The number of piperidine rings is 1. The topological polar surface area (TPSA) is 73.0 Å². The first-order valence-electron chi connectivity index (χ1n) is 8.56. The second kappa shape index (κ2) is 8.30. The molecule has 0 bridgehead atoms. The summed E-state index contributed by atoms with van der Waals surface area (Å²) < 4.78 is 24.3. The molecule has 0 aliphatic carbocycles. The Labute approximate surface area is 140 Å². The van der Waals surface area contributed by atoms with Gasteiger partial charge in [-0.2, -0.15) is 4.31 Å². The van der Waals surface area contributed by atoms with E-state index in [0.29, 0.717) is 32.7 Å². The molecule has 2 fully saturated rings. The van der Waals surface area contributed by atoms with Crippen LogP contribution < -0.4 is 5.32 Å². The number of likely N-dealkylation sites (tertiary alicyclic amines) is 1. The SMILES string of the molecule is C[C@H]1CCCN(CCCNC(=O)N2CCN(S(C)(=O)=O)CC2)C1. The monoisotopic (exact) mass is 346 g/mol. The predicted molar refractivity (Wildman–Crippen MR) is 90.8 cm³/mol. The van der Waals surface area contributed by atoms with E-state index in [9.17, 15) is 13.2 Å². The number of nitrogens with one attached hydrogen (secondary N) is 1. The van der Waals surface area contributed by atoms with Gasteiger partial charge in [0.15, 0.2) is 0 Å². The molecule has 0 unspecified atom stereocenters. The molecule has 0 radical (unpaired) electrons. The van der Waals surface area contributed by atoms with Crippen molar-refractivity contribution < 1.29 is 13.2 Å². The minimum absolute atomic E-state index is 0.0786. The summed E-state index contributed by atoms with van der Waals surface area (Å²) in [6.07, 6.45) is 4.77. The van der Waals surface area contributed by atoms with E-state index in [1.807, 2.05) is 0 Å². The van der Waals surface area contributed by atoms with Gasteiger partial charge in [-0.05, 0) is 38.3 Å². The Morgan fingerprint density at radius 1 is 1.17 bits per heavy atom. The average molecular weight is 346 g/mol. The molecule has 0 aromatic rings. The fraction of sp³-hybridized carbons (Fsp3) is 0.933. The van der Waals surface area contributed by atoms with E-state index < -0.39 is 10.0 Å². The lowest BCUT2D eigenvalue weighted by molar-refractivity contribution is 0.168. The Bertz CT molecular complexity index is 489. The first kappa shape index (κ1) is 18.5. The van der Waals surface area contributed by atoms with Gasteiger partial charge in [0.2, 0.25) is 10.0 Å². The molecule has 8 heteroatoms. The number of hydrogen-bond acceptors (Lipinski definition) is 4. The summed E-state index contributed by atoms with van der Waals surface area (Å²) in [4.78, 5) is 16.3. The van der Waals surface area contributed by atoms with E-state index in [-0.39, 0.29) is 6.03 Å². The predicted octanol–water partition coefficient (Wildman–Crippen LogP) is 0.395. The number of rotatable bonds is 5. The summed E-state index contributed by atoms with van der Waals surface area (Å²) in [7, 11) is -3.14. The first-order chi connectivity index (χ1) is 10.9. The van der Waals surface area contributed by atoms with Crippen LogP contribution in [0.4, 0.5) is 4.79 Å². The molecule has 0 saturated carbocycles. The Morgan fingerprint density at radius 3 is 2.48 bits per heavy atom. The van der Waals surface area contributed by atoms with Crippen LogP contribution in [-0.4, -0.2) is 87.2 Å². The number of carbonyl (C=O) groups excluding carboxylic acids is 1. The third kappa shape index (κ3) is 5.93. The maximum Gasteiger partial charge on any atom is 0.317 e. The third-order valence-electron chi connectivity index (χ3n) is 4.66. The van der Waals surface area contributed by atoms with Gasteiger partial charge in [0.25, 0.3) is 0 Å². The molecule has 23 heavy (non-hydrogen) atoms. The molecule has 2 rings (SSSR count). The van der Waals surface area contributed by atoms with Gasteiger partial charge in [-0.3, -0.25) is 0 Å². The van der Waals surface area contributed by atoms with E-state index in [1.54, 1.807) is 4.90 Å². The van der Waals surface area contributed by atoms with Crippen molar-refractivity contribution in [1.29, 1.82) is 0 Å². The third-order valence-corrected chi connectivity index (χ3v) is 5.97. The lowest BCUT2D eigenvalue weighted by Gasteiger charge is -2.33. The molecule has 0 aromatic carbocycles. The number of nitrogens with zero attached hydrogens (tertiary/aromatic N) is 3. The maximum atomic E-state index is 12.1. The van der Waals surface area contributed by atoms with Crippen molar-refractivity contribution in [1.82, 2.24) is 19.4 Å². The minimum atomic E-state index is -3.14. The van der Waals surface area contributed by atoms with Crippen LogP contribution in [0.2, 0.25) is 0 Å². The highest BCUT2D eigenvalue weighted by Gasteiger charge is 2.25. The van der Waals surface area contributed by atoms with Crippen LogP contribution in [0.25, 0.3) is 0 Å². The molecule has 2 amide bonds. The normalized spacial score (nSPS) is 24.6. The van der Waals surface area contributed by atoms with Gasteiger partial charge in [-0.1, -0.05) is 6.92 Å². The van der Waals surface area contributed by atoms with Crippen molar-refractivity contribution in [2.24, 2.45) is 5.92 Å². The van der Waals surface area contributed by atoms with Crippen LogP contribution in [0.3, 0.4) is 0 Å². The zero-order valence-corrected chi connectivity index (χ0v) is 15.1. The van der Waals surface area contributed by atoms with E-state index in [0.717, 1.165) is 18.9 Å². The lowest BCUT2D eigenvalue weighted by Crippen LogP contribution is -2.53. The quantitative estimate of drug-likeness (QED) is 0.731. The maximum absolute atomic E-state index is 12.1. The highest BCUT2D eigenvalue weighted by atomic mass is 32.2. The molecule has 0 spiro atoms. The van der Waals surface area contributed by atoms with Gasteiger partial charge in [-0.15, -0.1) is 0 Å². The van der Waals surface area contributed by atoms with Crippen molar-refractivity contribution >= 4 is 16.1 Å². The molecule has 2 heterocycles. The largest absolute Gasteiger partial charge is 0.338 e. The Hall–Kier alpha value is -0.860. The number of carbonyl (C=O) groups is 1. The van der Waals surface area contributed by atoms with E-state index in [1.165, 1.54) is 36.5 Å². The van der Waals surface area contributed by atoms with Crippen LogP contribution >= 0.6 is 0 Å². The highest BCUT2D eigenvalue weighted by Crippen LogP contribution is 2.15. The van der Waals surface area contributed by atoms with Gasteiger partial charge in [0.1, 0.15) is 0 Å². The molecular formula is C15H30N4O3S.